The van der Waals surface area contributed by atoms with Gasteiger partial charge in [-0.15, -0.1) is 12.4 Å². The zero-order valence-electron chi connectivity index (χ0n) is 6.86. The van der Waals surface area contributed by atoms with E-state index in [1.807, 2.05) is 0 Å². The molecule has 80 valence electrons. The summed E-state index contributed by atoms with van der Waals surface area (Å²) in [6.45, 7) is 0. The van der Waals surface area contributed by atoms with Gasteiger partial charge in [0.15, 0.2) is 0 Å². The van der Waals surface area contributed by atoms with Gasteiger partial charge in [0.1, 0.15) is 0 Å². The molecule has 1 rings (SSSR count). The van der Waals surface area contributed by atoms with Crippen molar-refractivity contribution < 1.29 is 13.2 Å². The van der Waals surface area contributed by atoms with Crippen LogP contribution in [0.2, 0.25) is 0 Å². The predicted octanol–water partition coefficient (Wildman–Crippen LogP) is 2.96. The van der Waals surface area contributed by atoms with E-state index in [4.69, 9.17) is 5.84 Å². The van der Waals surface area contributed by atoms with Gasteiger partial charge in [0.25, 0.3) is 0 Å². The van der Waals surface area contributed by atoms with Crippen LogP contribution in [0, 0.1) is 0 Å². The van der Waals surface area contributed by atoms with E-state index in [1.54, 1.807) is 18.2 Å². The average Bonchev–Trinajstić information content (AvgIpc) is 2.03. The Balaban J connectivity index is 0.00000169. The quantitative estimate of drug-likeness (QED) is 0.493. The summed E-state index contributed by atoms with van der Waals surface area (Å²) in [7, 11) is 0. The highest BCUT2D eigenvalue weighted by Gasteiger charge is 2.32. The predicted molar refractivity (Wildman–Crippen MR) is 54.0 cm³/mol. The average molecular weight is 245 g/mol. The molecule has 0 aliphatic heterocycles. The molecule has 2 N–H and O–H groups in total. The van der Waals surface area contributed by atoms with Crippen molar-refractivity contribution >= 4 is 30.0 Å². The van der Waals surface area contributed by atoms with E-state index >= 15 is 0 Å². The summed E-state index contributed by atoms with van der Waals surface area (Å²) in [4.78, 5) is 0. The standard InChI is InChI=1S/C7H7F3N2S.ClH/c8-7(9,10)13-12(11)6-4-2-1-3-5-6;/h1-5H,11H2;1H. The van der Waals surface area contributed by atoms with E-state index in [9.17, 15) is 13.2 Å². The highest BCUT2D eigenvalue weighted by molar-refractivity contribution is 8.01. The normalized spacial score (nSPS) is 10.6. The SMILES string of the molecule is Cl.NN(SC(F)(F)F)c1ccccc1. The molecule has 7 heteroatoms. The number of para-hydroxylation sites is 1. The van der Waals surface area contributed by atoms with Crippen molar-refractivity contribution in [3.05, 3.63) is 30.3 Å². The van der Waals surface area contributed by atoms with Gasteiger partial charge in [-0.2, -0.15) is 13.2 Å². The molecule has 1 aromatic rings. The van der Waals surface area contributed by atoms with Crippen LogP contribution < -0.4 is 10.3 Å². The Morgan fingerprint density at radius 3 is 2.07 bits per heavy atom. The maximum absolute atomic E-state index is 11.8. The number of hydrazine groups is 1. The Bertz CT molecular complexity index is 267. The van der Waals surface area contributed by atoms with Crippen molar-refractivity contribution in [1.82, 2.24) is 0 Å². The summed E-state index contributed by atoms with van der Waals surface area (Å²) >= 11 is -0.379. The van der Waals surface area contributed by atoms with E-state index in [-0.39, 0.29) is 24.4 Å². The summed E-state index contributed by atoms with van der Waals surface area (Å²) < 4.78 is 36.1. The van der Waals surface area contributed by atoms with E-state index < -0.39 is 5.51 Å². The van der Waals surface area contributed by atoms with Crippen molar-refractivity contribution in [2.45, 2.75) is 5.51 Å². The van der Waals surface area contributed by atoms with Gasteiger partial charge in [0.2, 0.25) is 0 Å². The number of alkyl halides is 3. The Hall–Kier alpha value is -0.590. The zero-order valence-corrected chi connectivity index (χ0v) is 8.49. The number of halogens is 4. The molecule has 14 heavy (non-hydrogen) atoms. The summed E-state index contributed by atoms with van der Waals surface area (Å²) in [5, 5.41) is 0. The monoisotopic (exact) mass is 244 g/mol. The maximum Gasteiger partial charge on any atom is 0.463 e. The molecule has 0 atom stereocenters. The molecule has 0 fully saturated rings. The third kappa shape index (κ3) is 4.59. The molecule has 0 radical (unpaired) electrons. The van der Waals surface area contributed by atoms with Crippen LogP contribution in [0.25, 0.3) is 0 Å². The molecular weight excluding hydrogens is 237 g/mol. The smallest absolute Gasteiger partial charge is 0.245 e. The third-order valence-corrected chi connectivity index (χ3v) is 1.83. The molecule has 1 aromatic carbocycles. The third-order valence-electron chi connectivity index (χ3n) is 1.21. The van der Waals surface area contributed by atoms with E-state index in [0.717, 1.165) is 0 Å². The fourth-order valence-electron chi connectivity index (χ4n) is 0.739. The van der Waals surface area contributed by atoms with Crippen LogP contribution in [-0.4, -0.2) is 5.51 Å². The zero-order chi connectivity index (χ0) is 9.90. The minimum atomic E-state index is -4.36. The van der Waals surface area contributed by atoms with E-state index in [2.05, 4.69) is 0 Å². The molecule has 2 nitrogen and oxygen atoms in total. The van der Waals surface area contributed by atoms with E-state index in [0.29, 0.717) is 10.1 Å². The van der Waals surface area contributed by atoms with Crippen molar-refractivity contribution in [1.29, 1.82) is 0 Å². The van der Waals surface area contributed by atoms with Gasteiger partial charge in [-0.25, -0.2) is 10.3 Å². The lowest BCUT2D eigenvalue weighted by atomic mass is 10.3. The van der Waals surface area contributed by atoms with Crippen molar-refractivity contribution in [3.63, 3.8) is 0 Å². The minimum absolute atomic E-state index is 0. The molecule has 0 amide bonds. The largest absolute Gasteiger partial charge is 0.463 e. The Morgan fingerprint density at radius 1 is 1.14 bits per heavy atom. The van der Waals surface area contributed by atoms with Gasteiger partial charge < -0.3 is 0 Å². The van der Waals surface area contributed by atoms with Gasteiger partial charge >= 0.3 is 5.51 Å². The fourth-order valence-corrected chi connectivity index (χ4v) is 1.19. The molecule has 0 unspecified atom stereocenters. The molecule has 0 saturated heterocycles. The number of anilines is 1. The van der Waals surface area contributed by atoms with Crippen LogP contribution >= 0.6 is 24.4 Å². The summed E-state index contributed by atoms with van der Waals surface area (Å²) in [6, 6.07) is 7.94. The first-order valence-electron chi connectivity index (χ1n) is 3.35. The second-order valence-electron chi connectivity index (χ2n) is 2.20. The van der Waals surface area contributed by atoms with Crippen molar-refractivity contribution in [3.8, 4) is 0 Å². The second kappa shape index (κ2) is 5.33. The molecule has 0 aliphatic rings. The van der Waals surface area contributed by atoms with Gasteiger partial charge in [0, 0.05) is 0 Å². The number of hydrogen-bond donors (Lipinski definition) is 1. The molecule has 0 bridgehead atoms. The Morgan fingerprint density at radius 2 is 1.64 bits per heavy atom. The van der Waals surface area contributed by atoms with Crippen LogP contribution in [0.15, 0.2) is 30.3 Å². The van der Waals surface area contributed by atoms with E-state index in [1.165, 1.54) is 12.1 Å². The maximum atomic E-state index is 11.8. The van der Waals surface area contributed by atoms with Crippen LogP contribution in [-0.2, 0) is 0 Å². The first-order chi connectivity index (χ1) is 5.99. The van der Waals surface area contributed by atoms with Crippen LogP contribution in [0.1, 0.15) is 0 Å². The van der Waals surface area contributed by atoms with Gasteiger partial charge in [0.05, 0.1) is 17.6 Å². The first-order valence-corrected chi connectivity index (χ1v) is 4.12. The van der Waals surface area contributed by atoms with Crippen LogP contribution in [0.5, 0.6) is 0 Å². The lowest BCUT2D eigenvalue weighted by Gasteiger charge is -2.17. The van der Waals surface area contributed by atoms with Crippen LogP contribution in [0.4, 0.5) is 18.9 Å². The number of nitrogens with zero attached hydrogens (tertiary/aromatic N) is 1. The molecule has 0 heterocycles. The first kappa shape index (κ1) is 13.4. The lowest BCUT2D eigenvalue weighted by molar-refractivity contribution is -0.0329. The molecule has 0 spiro atoms. The highest BCUT2D eigenvalue weighted by atomic mass is 35.5. The number of nitrogens with two attached hydrogens (primary N) is 1. The molecule has 0 aromatic heterocycles. The number of benzene rings is 1. The van der Waals surface area contributed by atoms with Crippen LogP contribution in [0.3, 0.4) is 0 Å². The topological polar surface area (TPSA) is 29.3 Å². The summed E-state index contributed by atoms with van der Waals surface area (Å²) in [6.07, 6.45) is 0. The number of hydrogen-bond acceptors (Lipinski definition) is 3. The number of rotatable bonds is 2. The van der Waals surface area contributed by atoms with Crippen molar-refractivity contribution in [2.75, 3.05) is 4.41 Å². The van der Waals surface area contributed by atoms with Crippen molar-refractivity contribution in [2.24, 2.45) is 5.84 Å². The molecular formula is C7H8ClF3N2S. The highest BCUT2D eigenvalue weighted by Crippen LogP contribution is 2.33. The fraction of sp³-hybridized carbons (Fsp3) is 0.143. The van der Waals surface area contributed by atoms with Gasteiger partial charge in [-0.05, 0) is 12.1 Å². The Kier molecular flexibility index (Phi) is 5.11. The summed E-state index contributed by atoms with van der Waals surface area (Å²) in [5.41, 5.74) is -4.05. The summed E-state index contributed by atoms with van der Waals surface area (Å²) in [5.74, 6) is 5.16. The second-order valence-corrected chi connectivity index (χ2v) is 3.24. The minimum Gasteiger partial charge on any atom is -0.245 e. The Labute approximate surface area is 89.8 Å². The lowest BCUT2D eigenvalue weighted by Crippen LogP contribution is -2.27. The molecule has 0 saturated carbocycles. The van der Waals surface area contributed by atoms with Gasteiger partial charge in [-0.1, -0.05) is 18.2 Å². The van der Waals surface area contributed by atoms with Gasteiger partial charge in [-0.3, -0.25) is 0 Å². The molecule has 0 aliphatic carbocycles.